The molecule has 0 unspecified atom stereocenters. The smallest absolute Gasteiger partial charge is 0.257 e. The summed E-state index contributed by atoms with van der Waals surface area (Å²) < 4.78 is 0. The van der Waals surface area contributed by atoms with Gasteiger partial charge in [-0.3, -0.25) is 4.79 Å². The molecule has 1 heterocycles. The van der Waals surface area contributed by atoms with Crippen molar-refractivity contribution in [1.29, 1.82) is 0 Å². The number of likely N-dealkylation sites (N-methyl/N-ethyl adjacent to an activating group) is 1. The third kappa shape index (κ3) is 5.01. The van der Waals surface area contributed by atoms with E-state index in [0.29, 0.717) is 10.6 Å². The molecule has 0 atom stereocenters. The van der Waals surface area contributed by atoms with E-state index < -0.39 is 0 Å². The lowest BCUT2D eigenvalue weighted by molar-refractivity contribution is 0.102. The summed E-state index contributed by atoms with van der Waals surface area (Å²) in [6.07, 6.45) is 0. The number of para-hydroxylation sites is 1. The molecule has 1 amide bonds. The second-order valence-electron chi connectivity index (χ2n) is 7.87. The first-order valence-electron chi connectivity index (χ1n) is 10.5. The molecule has 4 rings (SSSR count). The molecule has 2 N–H and O–H groups in total. The Morgan fingerprint density at radius 2 is 1.55 bits per heavy atom. The van der Waals surface area contributed by atoms with Crippen LogP contribution >= 0.6 is 11.6 Å². The molecule has 160 valence electrons. The molecule has 0 aromatic heterocycles. The van der Waals surface area contributed by atoms with Crippen LogP contribution in [-0.4, -0.2) is 44.0 Å². The predicted molar refractivity (Wildman–Crippen MR) is 130 cm³/mol. The maximum Gasteiger partial charge on any atom is 0.257 e. The molecule has 1 saturated heterocycles. The highest BCUT2D eigenvalue weighted by atomic mass is 35.5. The molecule has 31 heavy (non-hydrogen) atoms. The summed E-state index contributed by atoms with van der Waals surface area (Å²) in [6, 6.07) is 21.2. The molecule has 0 spiro atoms. The van der Waals surface area contributed by atoms with Gasteiger partial charge in [-0.1, -0.05) is 29.8 Å². The average Bonchev–Trinajstić information content (AvgIpc) is 2.78. The van der Waals surface area contributed by atoms with Crippen LogP contribution in [0.15, 0.2) is 66.7 Å². The Labute approximate surface area is 188 Å². The van der Waals surface area contributed by atoms with Crippen LogP contribution in [0.25, 0.3) is 0 Å². The van der Waals surface area contributed by atoms with Gasteiger partial charge in [0.2, 0.25) is 0 Å². The minimum Gasteiger partial charge on any atom is -0.369 e. The quantitative estimate of drug-likeness (QED) is 0.564. The fraction of sp³-hybridized carbons (Fsp3) is 0.240. The number of amides is 1. The van der Waals surface area contributed by atoms with Gasteiger partial charge in [0, 0.05) is 48.3 Å². The van der Waals surface area contributed by atoms with Crippen LogP contribution in [0.4, 0.5) is 22.7 Å². The fourth-order valence-electron chi connectivity index (χ4n) is 3.70. The number of hydrogen-bond donors (Lipinski definition) is 2. The molecule has 0 radical (unpaired) electrons. The Balaban J connectivity index is 1.47. The van der Waals surface area contributed by atoms with Gasteiger partial charge in [0.1, 0.15) is 0 Å². The molecule has 6 heteroatoms. The van der Waals surface area contributed by atoms with E-state index in [4.69, 9.17) is 11.6 Å². The fourth-order valence-corrected chi connectivity index (χ4v) is 3.87. The standard InChI is InChI=1S/C25H27ClN4O/c1-18-22(26)7-5-9-23(18)28-24-8-4-3-6-21(24)25(31)27-19-10-12-20(13-11-19)30-16-14-29(2)15-17-30/h3-13,28H,14-17H2,1-2H3,(H,27,31). The van der Waals surface area contributed by atoms with Gasteiger partial charge >= 0.3 is 0 Å². The van der Waals surface area contributed by atoms with E-state index in [1.54, 1.807) is 0 Å². The summed E-state index contributed by atoms with van der Waals surface area (Å²) in [5, 5.41) is 7.05. The van der Waals surface area contributed by atoms with Crippen molar-refractivity contribution in [3.63, 3.8) is 0 Å². The van der Waals surface area contributed by atoms with Crippen LogP contribution in [0.5, 0.6) is 0 Å². The van der Waals surface area contributed by atoms with Crippen molar-refractivity contribution in [3.05, 3.63) is 82.9 Å². The Hall–Kier alpha value is -3.02. The van der Waals surface area contributed by atoms with Gasteiger partial charge in [0.25, 0.3) is 5.91 Å². The Kier molecular flexibility index (Phi) is 6.44. The number of anilines is 4. The number of hydrogen-bond acceptors (Lipinski definition) is 4. The molecule has 1 fully saturated rings. The Bertz CT molecular complexity index is 1060. The molecule has 5 nitrogen and oxygen atoms in total. The summed E-state index contributed by atoms with van der Waals surface area (Å²) >= 11 is 6.24. The van der Waals surface area contributed by atoms with Gasteiger partial charge in [-0.2, -0.15) is 0 Å². The van der Waals surface area contributed by atoms with Gasteiger partial charge in [0.05, 0.1) is 11.3 Å². The summed E-state index contributed by atoms with van der Waals surface area (Å²) in [7, 11) is 2.15. The SMILES string of the molecule is Cc1c(Cl)cccc1Nc1ccccc1C(=O)Nc1ccc(N2CCN(C)CC2)cc1. The number of nitrogens with zero attached hydrogens (tertiary/aromatic N) is 2. The highest BCUT2D eigenvalue weighted by molar-refractivity contribution is 6.31. The predicted octanol–water partition coefficient (Wildman–Crippen LogP) is 5.40. The summed E-state index contributed by atoms with van der Waals surface area (Å²) in [6.45, 7) is 6.12. The first-order valence-corrected chi connectivity index (χ1v) is 10.8. The van der Waals surface area contributed by atoms with E-state index in [2.05, 4.69) is 39.6 Å². The Morgan fingerprint density at radius 1 is 0.871 bits per heavy atom. The normalized spacial score (nSPS) is 14.4. The van der Waals surface area contributed by atoms with E-state index in [1.165, 1.54) is 5.69 Å². The molecule has 0 bridgehead atoms. The van der Waals surface area contributed by atoms with E-state index in [-0.39, 0.29) is 5.91 Å². The third-order valence-corrected chi connectivity index (χ3v) is 6.11. The second kappa shape index (κ2) is 9.41. The van der Waals surface area contributed by atoms with E-state index in [0.717, 1.165) is 48.8 Å². The van der Waals surface area contributed by atoms with Crippen LogP contribution in [0.3, 0.4) is 0 Å². The summed E-state index contributed by atoms with van der Waals surface area (Å²) in [5.41, 5.74) is 5.09. The highest BCUT2D eigenvalue weighted by Gasteiger charge is 2.15. The lowest BCUT2D eigenvalue weighted by Crippen LogP contribution is -2.44. The lowest BCUT2D eigenvalue weighted by Gasteiger charge is -2.34. The Morgan fingerprint density at radius 3 is 2.29 bits per heavy atom. The number of carbonyl (C=O) groups excluding carboxylic acids is 1. The highest BCUT2D eigenvalue weighted by Crippen LogP contribution is 2.28. The third-order valence-electron chi connectivity index (χ3n) is 5.70. The number of rotatable bonds is 5. The first kappa shape index (κ1) is 21.2. The van der Waals surface area contributed by atoms with E-state index in [1.807, 2.05) is 61.5 Å². The van der Waals surface area contributed by atoms with Gasteiger partial charge in [-0.05, 0) is 68.1 Å². The number of benzene rings is 3. The molecular weight excluding hydrogens is 408 g/mol. The van der Waals surface area contributed by atoms with Gasteiger partial charge < -0.3 is 20.4 Å². The zero-order valence-electron chi connectivity index (χ0n) is 17.9. The maximum absolute atomic E-state index is 13.0. The molecular formula is C25H27ClN4O. The lowest BCUT2D eigenvalue weighted by atomic mass is 10.1. The average molecular weight is 435 g/mol. The number of nitrogens with one attached hydrogen (secondary N) is 2. The zero-order chi connectivity index (χ0) is 21.8. The van der Waals surface area contributed by atoms with Gasteiger partial charge in [-0.15, -0.1) is 0 Å². The molecule has 3 aromatic rings. The van der Waals surface area contributed by atoms with Crippen molar-refractivity contribution in [1.82, 2.24) is 4.90 Å². The van der Waals surface area contributed by atoms with Crippen molar-refractivity contribution in [2.75, 3.05) is 48.8 Å². The monoisotopic (exact) mass is 434 g/mol. The topological polar surface area (TPSA) is 47.6 Å². The molecule has 0 saturated carbocycles. The minimum absolute atomic E-state index is 0.157. The van der Waals surface area contributed by atoms with Crippen LogP contribution in [0, 0.1) is 6.92 Å². The summed E-state index contributed by atoms with van der Waals surface area (Å²) in [4.78, 5) is 17.7. The van der Waals surface area contributed by atoms with E-state index in [9.17, 15) is 4.79 Å². The second-order valence-corrected chi connectivity index (χ2v) is 8.28. The molecule has 1 aliphatic rings. The van der Waals surface area contributed by atoms with Crippen LogP contribution < -0.4 is 15.5 Å². The minimum atomic E-state index is -0.157. The van der Waals surface area contributed by atoms with Crippen LogP contribution in [-0.2, 0) is 0 Å². The summed E-state index contributed by atoms with van der Waals surface area (Å²) in [5.74, 6) is -0.157. The van der Waals surface area contributed by atoms with Crippen molar-refractivity contribution in [2.24, 2.45) is 0 Å². The number of halogens is 1. The van der Waals surface area contributed by atoms with Gasteiger partial charge in [-0.25, -0.2) is 0 Å². The van der Waals surface area contributed by atoms with Crippen molar-refractivity contribution in [3.8, 4) is 0 Å². The molecule has 3 aromatic carbocycles. The van der Waals surface area contributed by atoms with Crippen LogP contribution in [0.1, 0.15) is 15.9 Å². The number of carbonyl (C=O) groups is 1. The van der Waals surface area contributed by atoms with Crippen molar-refractivity contribution >= 4 is 40.3 Å². The first-order chi connectivity index (χ1) is 15.0. The largest absolute Gasteiger partial charge is 0.369 e. The number of piperazine rings is 1. The van der Waals surface area contributed by atoms with Crippen molar-refractivity contribution in [2.45, 2.75) is 6.92 Å². The molecule has 1 aliphatic heterocycles. The maximum atomic E-state index is 13.0. The molecule has 0 aliphatic carbocycles. The van der Waals surface area contributed by atoms with Crippen LogP contribution in [0.2, 0.25) is 5.02 Å². The van der Waals surface area contributed by atoms with Gasteiger partial charge in [0.15, 0.2) is 0 Å². The zero-order valence-corrected chi connectivity index (χ0v) is 18.6. The van der Waals surface area contributed by atoms with E-state index >= 15 is 0 Å². The van der Waals surface area contributed by atoms with Crippen molar-refractivity contribution < 1.29 is 4.79 Å².